The lowest BCUT2D eigenvalue weighted by Gasteiger charge is -2.12. The number of anilines is 1. The topological polar surface area (TPSA) is 78.4 Å². The molecule has 8 heteroatoms. The van der Waals surface area contributed by atoms with Gasteiger partial charge in [0, 0.05) is 6.92 Å². The fraction of sp³-hybridized carbons (Fsp3) is 0.100. The summed E-state index contributed by atoms with van der Waals surface area (Å²) in [6.45, 7) is 1.30. The van der Waals surface area contributed by atoms with Gasteiger partial charge in [0.2, 0.25) is 5.91 Å². The fourth-order valence-corrected chi connectivity index (χ4v) is 1.95. The second-order valence-electron chi connectivity index (χ2n) is 3.26. The molecule has 0 aliphatic heterocycles. The first-order chi connectivity index (χ1) is 8.31. The number of carboxylic acids is 1. The van der Waals surface area contributed by atoms with Crippen molar-refractivity contribution >= 4 is 58.1 Å². The summed E-state index contributed by atoms with van der Waals surface area (Å²) in [5.74, 6) is -1.49. The van der Waals surface area contributed by atoms with E-state index >= 15 is 0 Å². The van der Waals surface area contributed by atoms with Crippen molar-refractivity contribution in [1.29, 1.82) is 0 Å². The number of thiocarbonyl (C=S) groups is 1. The van der Waals surface area contributed by atoms with Crippen molar-refractivity contribution in [3.63, 3.8) is 0 Å². The van der Waals surface area contributed by atoms with Crippen LogP contribution in [0.4, 0.5) is 5.69 Å². The van der Waals surface area contributed by atoms with E-state index in [0.717, 1.165) is 0 Å². The molecule has 1 aromatic carbocycles. The molecule has 0 heterocycles. The summed E-state index contributed by atoms with van der Waals surface area (Å²) in [4.78, 5) is 21.5. The number of carbonyl (C=O) groups excluding carboxylic acids is 1. The zero-order valence-electron chi connectivity index (χ0n) is 9.08. The van der Waals surface area contributed by atoms with E-state index in [1.165, 1.54) is 19.1 Å². The summed E-state index contributed by atoms with van der Waals surface area (Å²) in [6.07, 6.45) is 0. The molecule has 0 aliphatic carbocycles. The standard InChI is InChI=1S/C10H8Cl2N2O3S/c1-4(15)13-10(18)14-8-6(11)2-5(9(16)17)3-7(8)12/h2-3H,1H3,(H,16,17)(H2,13,14,15,18). The molecule has 1 amide bonds. The van der Waals surface area contributed by atoms with Gasteiger partial charge < -0.3 is 15.7 Å². The van der Waals surface area contributed by atoms with Crippen LogP contribution in [0.5, 0.6) is 0 Å². The highest BCUT2D eigenvalue weighted by Crippen LogP contribution is 2.31. The van der Waals surface area contributed by atoms with Crippen LogP contribution < -0.4 is 10.6 Å². The van der Waals surface area contributed by atoms with Crippen LogP contribution in [0.25, 0.3) is 0 Å². The number of carbonyl (C=O) groups is 2. The van der Waals surface area contributed by atoms with Crippen molar-refractivity contribution in [2.24, 2.45) is 0 Å². The van der Waals surface area contributed by atoms with Gasteiger partial charge in [-0.05, 0) is 24.4 Å². The Hall–Kier alpha value is -1.37. The first kappa shape index (κ1) is 14.7. The molecular formula is C10H8Cl2N2O3S. The molecule has 0 bridgehead atoms. The first-order valence-electron chi connectivity index (χ1n) is 4.62. The van der Waals surface area contributed by atoms with Crippen LogP contribution in [-0.4, -0.2) is 22.1 Å². The number of benzene rings is 1. The SMILES string of the molecule is CC(=O)NC(=S)Nc1c(Cl)cc(C(=O)O)cc1Cl. The molecule has 0 atom stereocenters. The van der Waals surface area contributed by atoms with Crippen molar-refractivity contribution in [2.45, 2.75) is 6.92 Å². The Morgan fingerprint density at radius 3 is 2.17 bits per heavy atom. The lowest BCUT2D eigenvalue weighted by molar-refractivity contribution is -0.117. The largest absolute Gasteiger partial charge is 0.478 e. The third kappa shape index (κ3) is 3.83. The van der Waals surface area contributed by atoms with E-state index in [0.29, 0.717) is 0 Å². The van der Waals surface area contributed by atoms with Crippen LogP contribution in [0, 0.1) is 0 Å². The molecule has 0 aliphatic rings. The van der Waals surface area contributed by atoms with Crippen LogP contribution in [0.2, 0.25) is 10.0 Å². The van der Waals surface area contributed by atoms with Crippen LogP contribution in [0.1, 0.15) is 17.3 Å². The second-order valence-corrected chi connectivity index (χ2v) is 4.48. The van der Waals surface area contributed by atoms with E-state index in [1.54, 1.807) is 0 Å². The van der Waals surface area contributed by atoms with Gasteiger partial charge in [-0.2, -0.15) is 0 Å². The van der Waals surface area contributed by atoms with Gasteiger partial charge >= 0.3 is 5.97 Å². The molecular weight excluding hydrogens is 299 g/mol. The highest BCUT2D eigenvalue weighted by Gasteiger charge is 2.13. The Balaban J connectivity index is 3.00. The number of amides is 1. The maximum Gasteiger partial charge on any atom is 0.335 e. The molecule has 1 rings (SSSR count). The van der Waals surface area contributed by atoms with E-state index < -0.39 is 5.97 Å². The summed E-state index contributed by atoms with van der Waals surface area (Å²) < 4.78 is 0. The van der Waals surface area contributed by atoms with Crippen LogP contribution in [0.15, 0.2) is 12.1 Å². The number of halogens is 2. The molecule has 18 heavy (non-hydrogen) atoms. The molecule has 0 unspecified atom stereocenters. The zero-order chi connectivity index (χ0) is 13.9. The van der Waals surface area contributed by atoms with E-state index in [9.17, 15) is 9.59 Å². The van der Waals surface area contributed by atoms with Gasteiger partial charge in [0.25, 0.3) is 0 Å². The van der Waals surface area contributed by atoms with Crippen LogP contribution >= 0.6 is 35.4 Å². The number of hydrogen-bond acceptors (Lipinski definition) is 3. The second kappa shape index (κ2) is 5.99. The number of hydrogen-bond donors (Lipinski definition) is 3. The minimum absolute atomic E-state index is 0.0226. The normalized spacial score (nSPS) is 9.72. The molecule has 96 valence electrons. The van der Waals surface area contributed by atoms with Crippen molar-refractivity contribution in [3.8, 4) is 0 Å². The summed E-state index contributed by atoms with van der Waals surface area (Å²) in [5, 5.41) is 14.0. The van der Waals surface area contributed by atoms with Crippen LogP contribution in [0.3, 0.4) is 0 Å². The number of aromatic carboxylic acids is 1. The highest BCUT2D eigenvalue weighted by molar-refractivity contribution is 7.80. The van der Waals surface area contributed by atoms with E-state index in [1.807, 2.05) is 0 Å². The van der Waals surface area contributed by atoms with Gasteiger partial charge in [-0.1, -0.05) is 23.2 Å². The van der Waals surface area contributed by atoms with Crippen molar-refractivity contribution < 1.29 is 14.7 Å². The average molecular weight is 307 g/mol. The number of carboxylic acid groups (broad SMARTS) is 1. The summed E-state index contributed by atoms with van der Waals surface area (Å²) in [6, 6.07) is 2.46. The van der Waals surface area contributed by atoms with Gasteiger partial charge in [0.1, 0.15) is 0 Å². The molecule has 1 aromatic rings. The lowest BCUT2D eigenvalue weighted by Crippen LogP contribution is -2.32. The lowest BCUT2D eigenvalue weighted by atomic mass is 10.2. The molecule has 0 radical (unpaired) electrons. The minimum Gasteiger partial charge on any atom is -0.478 e. The van der Waals surface area contributed by atoms with Gasteiger partial charge in [-0.25, -0.2) is 4.79 Å². The Labute approximate surface area is 118 Å². The van der Waals surface area contributed by atoms with Gasteiger partial charge in [0.05, 0.1) is 21.3 Å². The predicted molar refractivity (Wildman–Crippen MR) is 73.5 cm³/mol. The molecule has 0 fully saturated rings. The highest BCUT2D eigenvalue weighted by atomic mass is 35.5. The van der Waals surface area contributed by atoms with Crippen molar-refractivity contribution in [1.82, 2.24) is 5.32 Å². The van der Waals surface area contributed by atoms with Gasteiger partial charge in [0.15, 0.2) is 5.11 Å². The van der Waals surface area contributed by atoms with Gasteiger partial charge in [-0.3, -0.25) is 4.79 Å². The van der Waals surface area contributed by atoms with Crippen molar-refractivity contribution in [2.75, 3.05) is 5.32 Å². The van der Waals surface area contributed by atoms with Crippen molar-refractivity contribution in [3.05, 3.63) is 27.7 Å². The minimum atomic E-state index is -1.14. The third-order valence-electron chi connectivity index (χ3n) is 1.82. The fourth-order valence-electron chi connectivity index (χ4n) is 1.12. The molecule has 0 aromatic heterocycles. The number of rotatable bonds is 2. The van der Waals surface area contributed by atoms with E-state index in [4.69, 9.17) is 40.5 Å². The van der Waals surface area contributed by atoms with E-state index in [2.05, 4.69) is 10.6 Å². The molecule has 0 saturated carbocycles. The summed E-state index contributed by atoms with van der Waals surface area (Å²) in [7, 11) is 0. The Bertz CT molecular complexity index is 511. The smallest absolute Gasteiger partial charge is 0.335 e. The Morgan fingerprint density at radius 1 is 1.28 bits per heavy atom. The molecule has 0 spiro atoms. The summed E-state index contributed by atoms with van der Waals surface area (Å²) >= 11 is 16.6. The quantitative estimate of drug-likeness (QED) is 0.732. The van der Waals surface area contributed by atoms with Crippen LogP contribution in [-0.2, 0) is 4.79 Å². The molecule has 0 saturated heterocycles. The average Bonchev–Trinajstić information content (AvgIpc) is 2.21. The van der Waals surface area contributed by atoms with E-state index in [-0.39, 0.29) is 32.3 Å². The maximum atomic E-state index is 10.8. The van der Waals surface area contributed by atoms with Gasteiger partial charge in [-0.15, -0.1) is 0 Å². The third-order valence-corrected chi connectivity index (χ3v) is 2.62. The Kier molecular flexibility index (Phi) is 4.89. The number of nitrogens with one attached hydrogen (secondary N) is 2. The first-order valence-corrected chi connectivity index (χ1v) is 5.78. The summed E-state index contributed by atoms with van der Waals surface area (Å²) in [5.41, 5.74) is 0.197. The predicted octanol–water partition coefficient (Wildman–Crippen LogP) is 2.52. The zero-order valence-corrected chi connectivity index (χ0v) is 11.4. The Morgan fingerprint density at radius 2 is 1.78 bits per heavy atom. The maximum absolute atomic E-state index is 10.8. The molecule has 3 N–H and O–H groups in total. The molecule has 5 nitrogen and oxygen atoms in total. The monoisotopic (exact) mass is 306 g/mol.